The quantitative estimate of drug-likeness (QED) is 0.664. The van der Waals surface area contributed by atoms with Crippen LogP contribution < -0.4 is 5.32 Å². The van der Waals surface area contributed by atoms with E-state index in [1.165, 1.54) is 6.92 Å². The molecular weight excluding hydrogens is 182 g/mol. The van der Waals surface area contributed by atoms with Crippen molar-refractivity contribution in [2.75, 3.05) is 0 Å². The molecule has 80 valence electrons. The minimum Gasteiger partial charge on any atom is -0.481 e. The first-order valence-electron chi connectivity index (χ1n) is 4.89. The molecule has 0 heterocycles. The van der Waals surface area contributed by atoms with Gasteiger partial charge in [-0.25, -0.2) is 0 Å². The van der Waals surface area contributed by atoms with E-state index in [1.807, 2.05) is 13.8 Å². The summed E-state index contributed by atoms with van der Waals surface area (Å²) in [6.07, 6.45) is 2.24. The van der Waals surface area contributed by atoms with Crippen molar-refractivity contribution in [3.8, 4) is 0 Å². The number of carbonyl (C=O) groups excluding carboxylic acids is 1. The molecule has 1 saturated carbocycles. The van der Waals surface area contributed by atoms with E-state index in [1.54, 1.807) is 0 Å². The van der Waals surface area contributed by atoms with E-state index in [2.05, 4.69) is 5.32 Å². The van der Waals surface area contributed by atoms with Gasteiger partial charge < -0.3 is 10.4 Å². The number of carboxylic acids is 1. The largest absolute Gasteiger partial charge is 0.481 e. The van der Waals surface area contributed by atoms with Gasteiger partial charge in [-0.1, -0.05) is 0 Å². The van der Waals surface area contributed by atoms with Gasteiger partial charge in [-0.15, -0.1) is 0 Å². The molecule has 1 fully saturated rings. The van der Waals surface area contributed by atoms with E-state index in [0.29, 0.717) is 5.92 Å². The Balaban J connectivity index is 2.50. The highest BCUT2D eigenvalue weighted by Gasteiger charge is 2.39. The lowest BCUT2D eigenvalue weighted by atomic mass is 9.97. The molecule has 4 heteroatoms. The molecule has 0 aromatic carbocycles. The summed E-state index contributed by atoms with van der Waals surface area (Å²) in [6.45, 7) is 5.29. The summed E-state index contributed by atoms with van der Waals surface area (Å²) in [6, 6.07) is 0. The van der Waals surface area contributed by atoms with Crippen molar-refractivity contribution < 1.29 is 14.7 Å². The summed E-state index contributed by atoms with van der Waals surface area (Å²) in [5.41, 5.74) is -0.263. The molecule has 1 rings (SSSR count). The van der Waals surface area contributed by atoms with E-state index >= 15 is 0 Å². The van der Waals surface area contributed by atoms with Gasteiger partial charge in [0.2, 0.25) is 5.91 Å². The number of carbonyl (C=O) groups is 2. The Morgan fingerprint density at radius 3 is 2.29 bits per heavy atom. The van der Waals surface area contributed by atoms with Gasteiger partial charge in [0, 0.05) is 5.54 Å². The molecule has 0 bridgehead atoms. The summed E-state index contributed by atoms with van der Waals surface area (Å²) in [7, 11) is 0. The van der Waals surface area contributed by atoms with Crippen LogP contribution in [0, 0.1) is 11.8 Å². The average molecular weight is 199 g/mol. The molecule has 2 N–H and O–H groups in total. The van der Waals surface area contributed by atoms with Gasteiger partial charge >= 0.3 is 5.97 Å². The second-order valence-corrected chi connectivity index (χ2v) is 4.55. The van der Waals surface area contributed by atoms with Crippen LogP contribution in [0.3, 0.4) is 0 Å². The second kappa shape index (κ2) is 3.59. The Kier molecular flexibility index (Phi) is 2.83. The van der Waals surface area contributed by atoms with E-state index in [4.69, 9.17) is 5.11 Å². The number of hydrogen-bond donors (Lipinski definition) is 2. The molecule has 0 aromatic heterocycles. The number of amides is 1. The molecule has 4 nitrogen and oxygen atoms in total. The molecule has 0 spiro atoms. The highest BCUT2D eigenvalue weighted by atomic mass is 16.4. The van der Waals surface area contributed by atoms with Gasteiger partial charge in [-0.05, 0) is 39.5 Å². The fraction of sp³-hybridized carbons (Fsp3) is 0.800. The lowest BCUT2D eigenvalue weighted by Gasteiger charge is -2.27. The third-order valence-corrected chi connectivity index (χ3v) is 2.81. The minimum atomic E-state index is -1.07. The second-order valence-electron chi connectivity index (χ2n) is 4.55. The van der Waals surface area contributed by atoms with Crippen LogP contribution in [0.4, 0.5) is 0 Å². The van der Waals surface area contributed by atoms with E-state index < -0.39 is 17.8 Å². The van der Waals surface area contributed by atoms with Gasteiger partial charge in [0.1, 0.15) is 5.92 Å². The lowest BCUT2D eigenvalue weighted by Crippen LogP contribution is -2.48. The van der Waals surface area contributed by atoms with Crippen molar-refractivity contribution in [2.45, 2.75) is 39.2 Å². The summed E-state index contributed by atoms with van der Waals surface area (Å²) in [5, 5.41) is 11.4. The third-order valence-electron chi connectivity index (χ3n) is 2.81. The first-order chi connectivity index (χ1) is 6.34. The minimum absolute atomic E-state index is 0.263. The van der Waals surface area contributed by atoms with Gasteiger partial charge in [0.05, 0.1) is 0 Å². The molecule has 1 aliphatic rings. The standard InChI is InChI=1S/C10H17NO3/c1-6(9(13)14)8(12)11-10(2,3)7-4-5-7/h6-7H,4-5H2,1-3H3,(H,11,12)(H,13,14). The van der Waals surface area contributed by atoms with E-state index in [-0.39, 0.29) is 5.54 Å². The number of hydrogen-bond acceptors (Lipinski definition) is 2. The van der Waals surface area contributed by atoms with Crippen LogP contribution in [-0.2, 0) is 9.59 Å². The zero-order chi connectivity index (χ0) is 10.9. The maximum absolute atomic E-state index is 11.4. The number of aliphatic carboxylic acids is 1. The predicted octanol–water partition coefficient (Wildman–Crippen LogP) is 1.01. The Bertz CT molecular complexity index is 256. The molecular formula is C10H17NO3. The Morgan fingerprint density at radius 1 is 1.43 bits per heavy atom. The summed E-state index contributed by atoms with van der Waals surface area (Å²) in [5.74, 6) is -1.93. The van der Waals surface area contributed by atoms with Crippen molar-refractivity contribution in [1.82, 2.24) is 5.32 Å². The van der Waals surface area contributed by atoms with E-state index in [0.717, 1.165) is 12.8 Å². The Hall–Kier alpha value is -1.06. The van der Waals surface area contributed by atoms with Gasteiger partial charge in [0.15, 0.2) is 0 Å². The fourth-order valence-corrected chi connectivity index (χ4v) is 1.45. The Morgan fingerprint density at radius 2 is 1.93 bits per heavy atom. The van der Waals surface area contributed by atoms with Crippen LogP contribution in [0.1, 0.15) is 33.6 Å². The van der Waals surface area contributed by atoms with Gasteiger partial charge in [0.25, 0.3) is 0 Å². The molecule has 14 heavy (non-hydrogen) atoms. The van der Waals surface area contributed by atoms with Crippen molar-refractivity contribution in [1.29, 1.82) is 0 Å². The molecule has 0 aliphatic heterocycles. The normalized spacial score (nSPS) is 18.8. The highest BCUT2D eigenvalue weighted by Crippen LogP contribution is 2.39. The smallest absolute Gasteiger partial charge is 0.315 e. The van der Waals surface area contributed by atoms with Gasteiger partial charge in [-0.2, -0.15) is 0 Å². The maximum atomic E-state index is 11.4. The lowest BCUT2D eigenvalue weighted by molar-refractivity contribution is -0.146. The van der Waals surface area contributed by atoms with Crippen LogP contribution in [0.5, 0.6) is 0 Å². The predicted molar refractivity (Wildman–Crippen MR) is 51.7 cm³/mol. The zero-order valence-electron chi connectivity index (χ0n) is 8.83. The number of nitrogens with one attached hydrogen (secondary N) is 1. The highest BCUT2D eigenvalue weighted by molar-refractivity contribution is 5.96. The molecule has 0 saturated heterocycles. The van der Waals surface area contributed by atoms with E-state index in [9.17, 15) is 9.59 Å². The number of carboxylic acid groups (broad SMARTS) is 1. The summed E-state index contributed by atoms with van der Waals surface area (Å²) >= 11 is 0. The average Bonchev–Trinajstić information content (AvgIpc) is 2.83. The van der Waals surface area contributed by atoms with Gasteiger partial charge in [-0.3, -0.25) is 9.59 Å². The van der Waals surface area contributed by atoms with Crippen LogP contribution in [0.15, 0.2) is 0 Å². The molecule has 0 radical (unpaired) electrons. The zero-order valence-corrected chi connectivity index (χ0v) is 8.83. The monoisotopic (exact) mass is 199 g/mol. The molecule has 1 amide bonds. The molecule has 1 atom stereocenters. The topological polar surface area (TPSA) is 66.4 Å². The van der Waals surface area contributed by atoms with Crippen LogP contribution >= 0.6 is 0 Å². The SMILES string of the molecule is CC(C(=O)O)C(=O)NC(C)(C)C1CC1. The van der Waals surface area contributed by atoms with Crippen molar-refractivity contribution in [3.05, 3.63) is 0 Å². The molecule has 0 aromatic rings. The van der Waals surface area contributed by atoms with Crippen molar-refractivity contribution >= 4 is 11.9 Å². The van der Waals surface area contributed by atoms with Crippen LogP contribution in [-0.4, -0.2) is 22.5 Å². The maximum Gasteiger partial charge on any atom is 0.315 e. The first-order valence-corrected chi connectivity index (χ1v) is 4.89. The number of rotatable bonds is 4. The molecule has 1 aliphatic carbocycles. The summed E-state index contributed by atoms with van der Waals surface area (Å²) < 4.78 is 0. The molecule has 1 unspecified atom stereocenters. The third kappa shape index (κ3) is 2.47. The van der Waals surface area contributed by atoms with Crippen molar-refractivity contribution in [2.24, 2.45) is 11.8 Å². The summed E-state index contributed by atoms with van der Waals surface area (Å²) in [4.78, 5) is 22.0. The Labute approximate surface area is 83.7 Å². The first kappa shape index (κ1) is 11.0. The van der Waals surface area contributed by atoms with Crippen molar-refractivity contribution in [3.63, 3.8) is 0 Å². The fourth-order valence-electron chi connectivity index (χ4n) is 1.45. The van der Waals surface area contributed by atoms with Crippen LogP contribution in [0.2, 0.25) is 0 Å². The van der Waals surface area contributed by atoms with Crippen LogP contribution in [0.25, 0.3) is 0 Å².